The Morgan fingerprint density at radius 1 is 0.897 bits per heavy atom. The zero-order valence-electron chi connectivity index (χ0n) is 20.9. The highest BCUT2D eigenvalue weighted by Crippen LogP contribution is 2.28. The lowest BCUT2D eigenvalue weighted by Gasteiger charge is -2.23. The number of rotatable bonds is 6. The van der Waals surface area contributed by atoms with Crippen molar-refractivity contribution in [2.24, 2.45) is 4.99 Å². The van der Waals surface area contributed by atoms with E-state index < -0.39 is 41.3 Å². The summed E-state index contributed by atoms with van der Waals surface area (Å²) in [5.74, 6) is -4.49. The molecule has 1 N–H and O–H groups in total. The van der Waals surface area contributed by atoms with Crippen molar-refractivity contribution in [2.45, 2.75) is 18.5 Å². The Kier molecular flexibility index (Phi) is 7.27. The molecule has 0 saturated carbocycles. The first-order valence-corrected chi connectivity index (χ1v) is 12.3. The highest BCUT2D eigenvalue weighted by Gasteiger charge is 2.33. The number of aliphatic imine (C=N–C) groups is 1. The second kappa shape index (κ2) is 10.9. The molecule has 0 saturated heterocycles. The number of fused-ring (bicyclic) bond motifs is 1. The molecule has 5 rings (SSSR count). The first kappa shape index (κ1) is 25.9. The smallest absolute Gasteiger partial charge is 0.272 e. The van der Waals surface area contributed by atoms with Crippen LogP contribution in [0.4, 0.5) is 18.9 Å². The second-order valence-electron chi connectivity index (χ2n) is 9.23. The van der Waals surface area contributed by atoms with Crippen molar-refractivity contribution in [3.63, 3.8) is 0 Å². The lowest BCUT2D eigenvalue weighted by molar-refractivity contribution is -0.128. The first-order chi connectivity index (χ1) is 18.8. The van der Waals surface area contributed by atoms with E-state index in [1.165, 1.54) is 35.2 Å². The molecular formula is C31H24F3N3O2. The van der Waals surface area contributed by atoms with E-state index in [4.69, 9.17) is 4.99 Å². The third kappa shape index (κ3) is 5.45. The van der Waals surface area contributed by atoms with Crippen LogP contribution in [0.2, 0.25) is 0 Å². The van der Waals surface area contributed by atoms with Gasteiger partial charge in [-0.3, -0.25) is 9.59 Å². The number of benzodiazepines with no additional fused rings is 1. The maximum Gasteiger partial charge on any atom is 0.272 e. The Hall–Kier alpha value is -4.72. The molecule has 1 heterocycles. The van der Waals surface area contributed by atoms with E-state index in [0.717, 1.165) is 23.3 Å². The number of carbonyl (C=O) groups excluding carboxylic acids is 2. The van der Waals surface area contributed by atoms with Crippen molar-refractivity contribution in [1.29, 1.82) is 0 Å². The van der Waals surface area contributed by atoms with E-state index in [-0.39, 0.29) is 6.42 Å². The average Bonchev–Trinajstić information content (AvgIpc) is 3.05. The monoisotopic (exact) mass is 527 g/mol. The van der Waals surface area contributed by atoms with Gasteiger partial charge in [-0.05, 0) is 47.9 Å². The van der Waals surface area contributed by atoms with Crippen LogP contribution in [-0.4, -0.2) is 30.7 Å². The van der Waals surface area contributed by atoms with Crippen molar-refractivity contribution in [1.82, 2.24) is 5.32 Å². The Morgan fingerprint density at radius 3 is 2.31 bits per heavy atom. The van der Waals surface area contributed by atoms with Gasteiger partial charge in [0.05, 0.1) is 17.3 Å². The van der Waals surface area contributed by atoms with E-state index in [0.29, 0.717) is 22.5 Å². The fraction of sp³-hybridized carbons (Fsp3) is 0.129. The molecule has 0 bridgehead atoms. The van der Waals surface area contributed by atoms with Crippen molar-refractivity contribution in [2.75, 3.05) is 11.9 Å². The highest BCUT2D eigenvalue weighted by molar-refractivity contribution is 6.20. The summed E-state index contributed by atoms with van der Waals surface area (Å²) in [6.45, 7) is 0. The predicted octanol–water partition coefficient (Wildman–Crippen LogP) is 5.39. The van der Waals surface area contributed by atoms with E-state index >= 15 is 0 Å². The van der Waals surface area contributed by atoms with Crippen molar-refractivity contribution in [3.8, 4) is 0 Å². The minimum Gasteiger partial charge on any atom is -0.326 e. The maximum atomic E-state index is 13.9. The Morgan fingerprint density at radius 2 is 1.59 bits per heavy atom. The SMILES string of the molecule is CN1C(=O)[C@@H](NC(=O)[C@H](Cc2ccc(F)c(F)c2)c2ccc(F)cc2)N=C(c2ccccc2)c2ccccc21. The van der Waals surface area contributed by atoms with Crippen LogP contribution in [0.25, 0.3) is 0 Å². The zero-order valence-corrected chi connectivity index (χ0v) is 20.9. The van der Waals surface area contributed by atoms with Crippen molar-refractivity contribution in [3.05, 3.63) is 137 Å². The molecule has 8 heteroatoms. The molecule has 0 fully saturated rings. The lowest BCUT2D eigenvalue weighted by atomic mass is 9.91. The van der Waals surface area contributed by atoms with Crippen LogP contribution in [-0.2, 0) is 16.0 Å². The van der Waals surface area contributed by atoms with Gasteiger partial charge >= 0.3 is 0 Å². The van der Waals surface area contributed by atoms with Crippen LogP contribution >= 0.6 is 0 Å². The van der Waals surface area contributed by atoms with Crippen LogP contribution in [0.5, 0.6) is 0 Å². The Balaban J connectivity index is 1.53. The van der Waals surface area contributed by atoms with Crippen molar-refractivity contribution >= 4 is 23.2 Å². The Bertz CT molecular complexity index is 1560. The van der Waals surface area contributed by atoms with Gasteiger partial charge in [-0.2, -0.15) is 0 Å². The number of hydrogen-bond acceptors (Lipinski definition) is 3. The number of hydrogen-bond donors (Lipinski definition) is 1. The predicted molar refractivity (Wildman–Crippen MR) is 143 cm³/mol. The fourth-order valence-corrected chi connectivity index (χ4v) is 4.64. The van der Waals surface area contributed by atoms with Crippen LogP contribution in [0.1, 0.15) is 28.2 Å². The summed E-state index contributed by atoms with van der Waals surface area (Å²) in [5, 5.41) is 2.75. The number of halogens is 3. The molecule has 0 radical (unpaired) electrons. The van der Waals surface area contributed by atoms with Crippen LogP contribution < -0.4 is 10.2 Å². The van der Waals surface area contributed by atoms with Gasteiger partial charge in [0.25, 0.3) is 5.91 Å². The van der Waals surface area contributed by atoms with E-state index in [9.17, 15) is 22.8 Å². The molecule has 4 aromatic carbocycles. The number of nitrogens with one attached hydrogen (secondary N) is 1. The summed E-state index contributed by atoms with van der Waals surface area (Å²) >= 11 is 0. The molecule has 5 nitrogen and oxygen atoms in total. The lowest BCUT2D eigenvalue weighted by Crippen LogP contribution is -2.47. The normalized spacial score (nSPS) is 15.7. The van der Waals surface area contributed by atoms with Crippen LogP contribution in [0.3, 0.4) is 0 Å². The minimum absolute atomic E-state index is 0.0130. The molecule has 0 spiro atoms. The molecule has 1 aliphatic rings. The molecule has 39 heavy (non-hydrogen) atoms. The second-order valence-corrected chi connectivity index (χ2v) is 9.23. The summed E-state index contributed by atoms with van der Waals surface area (Å²) in [4.78, 5) is 33.4. The third-order valence-electron chi connectivity index (χ3n) is 6.68. The fourth-order valence-electron chi connectivity index (χ4n) is 4.64. The first-order valence-electron chi connectivity index (χ1n) is 12.3. The highest BCUT2D eigenvalue weighted by atomic mass is 19.2. The van der Waals surface area contributed by atoms with E-state index in [2.05, 4.69) is 5.32 Å². The summed E-state index contributed by atoms with van der Waals surface area (Å²) < 4.78 is 41.1. The van der Waals surface area contributed by atoms with E-state index in [1.54, 1.807) is 13.1 Å². The Labute approximate surface area is 223 Å². The largest absolute Gasteiger partial charge is 0.326 e. The van der Waals surface area contributed by atoms with Gasteiger partial charge in [0.15, 0.2) is 11.6 Å². The quantitative estimate of drug-likeness (QED) is 0.366. The van der Waals surface area contributed by atoms with E-state index in [1.807, 2.05) is 48.5 Å². The number of anilines is 1. The molecule has 4 aromatic rings. The molecule has 0 aliphatic carbocycles. The standard InChI is InChI=1S/C31H24F3N3O2/c1-37-27-10-6-5-9-23(27)28(21-7-3-2-4-8-21)35-29(31(37)39)36-30(38)24(20-12-14-22(32)15-13-20)17-19-11-16-25(33)26(34)18-19/h2-16,18,24,29H,17H2,1H3,(H,36,38)/t24-,29-/m1/s1. The van der Waals surface area contributed by atoms with Crippen LogP contribution in [0, 0.1) is 17.5 Å². The number of amides is 2. The van der Waals surface area contributed by atoms with Gasteiger partial charge < -0.3 is 10.2 Å². The summed E-state index contributed by atoms with van der Waals surface area (Å²) in [6, 6.07) is 25.4. The van der Waals surface area contributed by atoms with Gasteiger partial charge in [-0.1, -0.05) is 66.7 Å². The number of carbonyl (C=O) groups is 2. The molecule has 2 atom stereocenters. The molecule has 0 unspecified atom stereocenters. The molecule has 1 aliphatic heterocycles. The molecule has 196 valence electrons. The number of benzene rings is 4. The van der Waals surface area contributed by atoms with Gasteiger partial charge in [0.1, 0.15) is 5.82 Å². The molecule has 0 aromatic heterocycles. The average molecular weight is 528 g/mol. The summed E-state index contributed by atoms with van der Waals surface area (Å²) in [6.07, 6.45) is -1.28. The van der Waals surface area contributed by atoms with Gasteiger partial charge in [0, 0.05) is 18.2 Å². The topological polar surface area (TPSA) is 61.8 Å². The van der Waals surface area contributed by atoms with Gasteiger partial charge in [-0.15, -0.1) is 0 Å². The zero-order chi connectivity index (χ0) is 27.5. The molecular weight excluding hydrogens is 503 g/mol. The summed E-state index contributed by atoms with van der Waals surface area (Å²) in [5.41, 5.74) is 3.48. The maximum absolute atomic E-state index is 13.9. The third-order valence-corrected chi connectivity index (χ3v) is 6.68. The number of para-hydroxylation sites is 1. The van der Waals surface area contributed by atoms with Gasteiger partial charge in [-0.25, -0.2) is 18.2 Å². The minimum atomic E-state index is -1.27. The number of nitrogens with zero attached hydrogens (tertiary/aromatic N) is 2. The summed E-state index contributed by atoms with van der Waals surface area (Å²) in [7, 11) is 1.61. The van der Waals surface area contributed by atoms with Gasteiger partial charge in [0.2, 0.25) is 12.1 Å². The van der Waals surface area contributed by atoms with Crippen LogP contribution in [0.15, 0.2) is 102 Å². The number of likely N-dealkylation sites (N-methyl/N-ethyl adjacent to an activating group) is 1. The molecule has 2 amide bonds. The van der Waals surface area contributed by atoms with Crippen molar-refractivity contribution < 1.29 is 22.8 Å².